The fourth-order valence-corrected chi connectivity index (χ4v) is 4.02. The number of nitrogens with one attached hydrogen (secondary N) is 2. The first-order chi connectivity index (χ1) is 13.3. The first-order valence-electron chi connectivity index (χ1n) is 10.3. The van der Waals surface area contributed by atoms with Crippen molar-refractivity contribution >= 4 is 21.8 Å². The van der Waals surface area contributed by atoms with Gasteiger partial charge >= 0.3 is 0 Å². The number of benzene rings is 1. The predicted molar refractivity (Wildman–Crippen MR) is 117 cm³/mol. The van der Waals surface area contributed by atoms with Gasteiger partial charge in [0.15, 0.2) is 18.1 Å². The molecule has 1 aliphatic rings. The molecular weight excluding hydrogens is 420 g/mol. The van der Waals surface area contributed by atoms with Crippen LogP contribution >= 0.6 is 15.9 Å². The van der Waals surface area contributed by atoms with Crippen LogP contribution in [0.1, 0.15) is 71.3 Å². The van der Waals surface area contributed by atoms with Gasteiger partial charge in [-0.05, 0) is 45.7 Å². The zero-order valence-corrected chi connectivity index (χ0v) is 19.3. The molecule has 0 atom stereocenters. The van der Waals surface area contributed by atoms with Gasteiger partial charge in [0.2, 0.25) is 0 Å². The van der Waals surface area contributed by atoms with Crippen LogP contribution in [-0.4, -0.2) is 31.2 Å². The van der Waals surface area contributed by atoms with Gasteiger partial charge in [-0.2, -0.15) is 0 Å². The summed E-state index contributed by atoms with van der Waals surface area (Å²) in [6, 6.07) is 4.35. The van der Waals surface area contributed by atoms with Crippen LogP contribution in [0.5, 0.6) is 11.5 Å². The van der Waals surface area contributed by atoms with Crippen molar-refractivity contribution in [2.75, 3.05) is 13.7 Å². The van der Waals surface area contributed by atoms with Crippen molar-refractivity contribution in [2.45, 2.75) is 83.8 Å². The molecule has 1 saturated carbocycles. The minimum Gasteiger partial charge on any atom is -0.493 e. The third-order valence-electron chi connectivity index (χ3n) is 4.92. The van der Waals surface area contributed by atoms with Crippen LogP contribution in [0.25, 0.3) is 0 Å². The summed E-state index contributed by atoms with van der Waals surface area (Å²) in [4.78, 5) is 12.2. The van der Waals surface area contributed by atoms with Crippen LogP contribution in [0.15, 0.2) is 16.6 Å². The summed E-state index contributed by atoms with van der Waals surface area (Å²) in [6.45, 7) is 6.50. The zero-order valence-electron chi connectivity index (χ0n) is 17.7. The Morgan fingerprint density at radius 1 is 1.14 bits per heavy atom. The van der Waals surface area contributed by atoms with E-state index < -0.39 is 0 Å². The minimum absolute atomic E-state index is 0.0412. The van der Waals surface area contributed by atoms with Crippen molar-refractivity contribution in [2.24, 2.45) is 0 Å². The zero-order chi connectivity index (χ0) is 20.6. The number of halogens is 1. The quantitative estimate of drug-likeness (QED) is 0.611. The van der Waals surface area contributed by atoms with Gasteiger partial charge in [0.1, 0.15) is 0 Å². The van der Waals surface area contributed by atoms with Gasteiger partial charge in [-0.1, -0.05) is 48.0 Å². The van der Waals surface area contributed by atoms with E-state index in [-0.39, 0.29) is 18.1 Å². The van der Waals surface area contributed by atoms with Crippen molar-refractivity contribution in [3.63, 3.8) is 0 Å². The second-order valence-corrected chi connectivity index (χ2v) is 9.42. The molecule has 0 spiro atoms. The van der Waals surface area contributed by atoms with E-state index in [9.17, 15) is 4.79 Å². The first-order valence-corrected chi connectivity index (χ1v) is 11.1. The summed E-state index contributed by atoms with van der Waals surface area (Å²) in [7, 11) is 1.62. The van der Waals surface area contributed by atoms with Crippen LogP contribution in [-0.2, 0) is 11.3 Å². The molecule has 1 aliphatic carbocycles. The monoisotopic (exact) mass is 454 g/mol. The maximum absolute atomic E-state index is 12.2. The summed E-state index contributed by atoms with van der Waals surface area (Å²) < 4.78 is 12.4. The summed E-state index contributed by atoms with van der Waals surface area (Å²) in [5, 5.41) is 6.62. The Kier molecular flexibility index (Phi) is 9.09. The summed E-state index contributed by atoms with van der Waals surface area (Å²) in [6.07, 6.45) is 9.03. The Balaban J connectivity index is 2.08. The molecule has 2 N–H and O–H groups in total. The van der Waals surface area contributed by atoms with E-state index in [1.54, 1.807) is 7.11 Å². The largest absolute Gasteiger partial charge is 0.493 e. The van der Waals surface area contributed by atoms with Gasteiger partial charge in [-0.3, -0.25) is 4.79 Å². The van der Waals surface area contributed by atoms with Crippen LogP contribution in [0.2, 0.25) is 0 Å². The van der Waals surface area contributed by atoms with Gasteiger partial charge in [0.05, 0.1) is 7.11 Å². The van der Waals surface area contributed by atoms with E-state index in [1.807, 2.05) is 32.9 Å². The fraction of sp³-hybridized carbons (Fsp3) is 0.682. The molecule has 1 amide bonds. The van der Waals surface area contributed by atoms with Crippen LogP contribution in [0.3, 0.4) is 0 Å². The molecule has 0 radical (unpaired) electrons. The molecule has 2 rings (SSSR count). The van der Waals surface area contributed by atoms with E-state index in [2.05, 4.69) is 26.6 Å². The number of hydrogen-bond donors (Lipinski definition) is 2. The molecule has 0 saturated heterocycles. The highest BCUT2D eigenvalue weighted by Gasteiger charge is 2.19. The SMILES string of the molecule is COc1ccc(Br)c(CNC2CCCCCCC2)c1OCC(=O)NC(C)(C)C. The van der Waals surface area contributed by atoms with E-state index in [0.717, 1.165) is 10.0 Å². The molecule has 0 unspecified atom stereocenters. The van der Waals surface area contributed by atoms with Crippen molar-refractivity contribution in [3.8, 4) is 11.5 Å². The highest BCUT2D eigenvalue weighted by molar-refractivity contribution is 9.10. The minimum atomic E-state index is -0.287. The van der Waals surface area contributed by atoms with Gasteiger partial charge in [-0.25, -0.2) is 0 Å². The lowest BCUT2D eigenvalue weighted by atomic mass is 9.96. The van der Waals surface area contributed by atoms with E-state index in [0.29, 0.717) is 24.1 Å². The van der Waals surface area contributed by atoms with Crippen molar-refractivity contribution < 1.29 is 14.3 Å². The van der Waals surface area contributed by atoms with Gasteiger partial charge < -0.3 is 20.1 Å². The Labute approximate surface area is 178 Å². The molecule has 1 aromatic carbocycles. The summed E-state index contributed by atoms with van der Waals surface area (Å²) in [5.74, 6) is 1.12. The molecule has 6 heteroatoms. The second-order valence-electron chi connectivity index (χ2n) is 8.57. The maximum atomic E-state index is 12.2. The van der Waals surface area contributed by atoms with Crippen molar-refractivity contribution in [1.82, 2.24) is 10.6 Å². The number of ether oxygens (including phenoxy) is 2. The van der Waals surface area contributed by atoms with Gasteiger partial charge in [0.25, 0.3) is 5.91 Å². The lowest BCUT2D eigenvalue weighted by Gasteiger charge is -2.24. The standard InChI is InChI=1S/C22H35BrN2O3/c1-22(2,3)25-20(26)15-28-21-17(18(23)12-13-19(21)27-4)14-24-16-10-8-6-5-7-9-11-16/h12-13,16,24H,5-11,14-15H2,1-4H3,(H,25,26). The molecule has 0 aromatic heterocycles. The molecule has 5 nitrogen and oxygen atoms in total. The molecule has 158 valence electrons. The molecule has 28 heavy (non-hydrogen) atoms. The number of carbonyl (C=O) groups excluding carboxylic acids is 1. The molecule has 1 aromatic rings. The highest BCUT2D eigenvalue weighted by Crippen LogP contribution is 2.36. The maximum Gasteiger partial charge on any atom is 0.258 e. The molecule has 0 bridgehead atoms. The highest BCUT2D eigenvalue weighted by atomic mass is 79.9. The number of amides is 1. The number of hydrogen-bond acceptors (Lipinski definition) is 4. The lowest BCUT2D eigenvalue weighted by molar-refractivity contribution is -0.124. The average Bonchev–Trinajstić information content (AvgIpc) is 2.58. The number of rotatable bonds is 7. The van der Waals surface area contributed by atoms with Crippen LogP contribution in [0.4, 0.5) is 0 Å². The Hall–Kier alpha value is -1.27. The molecular formula is C22H35BrN2O3. The van der Waals surface area contributed by atoms with Gasteiger partial charge in [-0.15, -0.1) is 0 Å². The lowest BCUT2D eigenvalue weighted by Crippen LogP contribution is -2.43. The average molecular weight is 455 g/mol. The number of methoxy groups -OCH3 is 1. The van der Waals surface area contributed by atoms with E-state index >= 15 is 0 Å². The molecule has 1 fully saturated rings. The fourth-order valence-electron chi connectivity index (χ4n) is 3.56. The third-order valence-corrected chi connectivity index (χ3v) is 5.66. The normalized spacial score (nSPS) is 16.2. The van der Waals surface area contributed by atoms with Gasteiger partial charge in [0, 0.05) is 28.2 Å². The van der Waals surface area contributed by atoms with Crippen molar-refractivity contribution in [1.29, 1.82) is 0 Å². The summed E-state index contributed by atoms with van der Waals surface area (Å²) in [5.41, 5.74) is 0.703. The molecule has 0 heterocycles. The topological polar surface area (TPSA) is 59.6 Å². The smallest absolute Gasteiger partial charge is 0.258 e. The second kappa shape index (κ2) is 11.1. The first kappa shape index (κ1) is 23.0. The molecule has 0 aliphatic heterocycles. The van der Waals surface area contributed by atoms with E-state index in [1.165, 1.54) is 44.9 Å². The Bertz CT molecular complexity index is 635. The Morgan fingerprint density at radius 2 is 1.79 bits per heavy atom. The van der Waals surface area contributed by atoms with Crippen LogP contribution in [0, 0.1) is 0 Å². The predicted octanol–water partition coefficient (Wildman–Crippen LogP) is 4.95. The Morgan fingerprint density at radius 3 is 2.39 bits per heavy atom. The third kappa shape index (κ3) is 7.63. The van der Waals surface area contributed by atoms with Crippen LogP contribution < -0.4 is 20.1 Å². The van der Waals surface area contributed by atoms with E-state index in [4.69, 9.17) is 9.47 Å². The van der Waals surface area contributed by atoms with Crippen molar-refractivity contribution in [3.05, 3.63) is 22.2 Å². The summed E-state index contributed by atoms with van der Waals surface area (Å²) >= 11 is 3.64. The number of carbonyl (C=O) groups is 1.